The van der Waals surface area contributed by atoms with Crippen molar-refractivity contribution in [3.63, 3.8) is 0 Å². The Bertz CT molecular complexity index is 610. The molecule has 0 radical (unpaired) electrons. The van der Waals surface area contributed by atoms with Gasteiger partial charge >= 0.3 is 0 Å². The van der Waals surface area contributed by atoms with E-state index >= 15 is 0 Å². The molecular weight excluding hydrogens is 286 g/mol. The van der Waals surface area contributed by atoms with Crippen LogP contribution in [0.3, 0.4) is 0 Å². The third kappa shape index (κ3) is 4.06. The summed E-state index contributed by atoms with van der Waals surface area (Å²) in [6.45, 7) is 4.63. The number of carbonyl (C=O) groups is 1. The molecule has 0 spiro atoms. The third-order valence-electron chi connectivity index (χ3n) is 4.04. The van der Waals surface area contributed by atoms with E-state index in [-0.39, 0.29) is 23.5 Å². The minimum absolute atomic E-state index is 0.0354. The Morgan fingerprint density at radius 3 is 2.62 bits per heavy atom. The van der Waals surface area contributed by atoms with Crippen LogP contribution >= 0.6 is 0 Å². The molecule has 1 aliphatic heterocycles. The van der Waals surface area contributed by atoms with Crippen molar-refractivity contribution in [1.82, 2.24) is 4.90 Å². The first-order chi connectivity index (χ1) is 9.93. The summed E-state index contributed by atoms with van der Waals surface area (Å²) in [5.74, 6) is 0.357. The fourth-order valence-electron chi connectivity index (χ4n) is 2.85. The first-order valence-corrected chi connectivity index (χ1v) is 9.29. The summed E-state index contributed by atoms with van der Waals surface area (Å²) in [5.41, 5.74) is 2.12. The van der Waals surface area contributed by atoms with Gasteiger partial charge in [0.1, 0.15) is 0 Å². The highest BCUT2D eigenvalue weighted by Gasteiger charge is 2.34. The van der Waals surface area contributed by atoms with Gasteiger partial charge in [-0.2, -0.15) is 0 Å². The lowest BCUT2D eigenvalue weighted by molar-refractivity contribution is -0.132. The number of carbonyl (C=O) groups excluding carboxylic acids is 1. The predicted octanol–water partition coefficient (Wildman–Crippen LogP) is 1.96. The number of sulfone groups is 1. The standard InChI is InChI=1S/C16H23NO3S/c1-3-9-17(15-8-10-21(19,20)12-15)16(18)11-14-7-5-4-6-13(14)2/h4-7,15H,3,8-12H2,1-2H3/t15-/m1/s1. The van der Waals surface area contributed by atoms with Gasteiger partial charge in [-0.1, -0.05) is 31.2 Å². The van der Waals surface area contributed by atoms with E-state index in [4.69, 9.17) is 0 Å². The number of nitrogens with zero attached hydrogens (tertiary/aromatic N) is 1. The number of hydrogen-bond acceptors (Lipinski definition) is 3. The van der Waals surface area contributed by atoms with Gasteiger partial charge in [-0.25, -0.2) is 8.42 Å². The second kappa shape index (κ2) is 6.60. The molecule has 1 aromatic rings. The van der Waals surface area contributed by atoms with Crippen LogP contribution in [0, 0.1) is 6.92 Å². The van der Waals surface area contributed by atoms with Gasteiger partial charge in [0, 0.05) is 12.6 Å². The topological polar surface area (TPSA) is 54.5 Å². The van der Waals surface area contributed by atoms with Crippen molar-refractivity contribution in [3.05, 3.63) is 35.4 Å². The largest absolute Gasteiger partial charge is 0.338 e. The Balaban J connectivity index is 2.11. The van der Waals surface area contributed by atoms with Crippen molar-refractivity contribution < 1.29 is 13.2 Å². The number of aryl methyl sites for hydroxylation is 1. The van der Waals surface area contributed by atoms with E-state index in [2.05, 4.69) is 0 Å². The summed E-state index contributed by atoms with van der Waals surface area (Å²) >= 11 is 0. The van der Waals surface area contributed by atoms with Crippen molar-refractivity contribution in [1.29, 1.82) is 0 Å². The quantitative estimate of drug-likeness (QED) is 0.835. The van der Waals surface area contributed by atoms with Crippen molar-refractivity contribution in [3.8, 4) is 0 Å². The molecule has 1 aliphatic rings. The highest BCUT2D eigenvalue weighted by atomic mass is 32.2. The molecule has 21 heavy (non-hydrogen) atoms. The maximum absolute atomic E-state index is 12.6. The molecule has 1 heterocycles. The zero-order valence-corrected chi connectivity index (χ0v) is 13.5. The van der Waals surface area contributed by atoms with Gasteiger partial charge in [0.2, 0.25) is 5.91 Å². The van der Waals surface area contributed by atoms with Crippen LogP contribution in [0.2, 0.25) is 0 Å². The van der Waals surface area contributed by atoms with E-state index in [1.165, 1.54) is 0 Å². The van der Waals surface area contributed by atoms with Gasteiger partial charge in [-0.3, -0.25) is 4.79 Å². The SMILES string of the molecule is CCCN(C(=O)Cc1ccccc1C)[C@@H]1CCS(=O)(=O)C1. The van der Waals surface area contributed by atoms with Crippen molar-refractivity contribution in [2.45, 2.75) is 39.2 Å². The van der Waals surface area contributed by atoms with Crippen LogP contribution in [0.4, 0.5) is 0 Å². The number of amides is 1. The van der Waals surface area contributed by atoms with E-state index < -0.39 is 9.84 Å². The summed E-state index contributed by atoms with van der Waals surface area (Å²) in [6.07, 6.45) is 1.77. The number of rotatable bonds is 5. The zero-order chi connectivity index (χ0) is 15.5. The molecule has 1 atom stereocenters. The predicted molar refractivity (Wildman–Crippen MR) is 83.9 cm³/mol. The van der Waals surface area contributed by atoms with E-state index in [0.29, 0.717) is 19.4 Å². The van der Waals surface area contributed by atoms with Crippen LogP contribution in [0.25, 0.3) is 0 Å². The minimum atomic E-state index is -2.97. The maximum atomic E-state index is 12.6. The average molecular weight is 309 g/mol. The van der Waals surface area contributed by atoms with Gasteiger partial charge in [0.25, 0.3) is 0 Å². The lowest BCUT2D eigenvalue weighted by atomic mass is 10.0. The molecule has 116 valence electrons. The Morgan fingerprint density at radius 1 is 1.33 bits per heavy atom. The lowest BCUT2D eigenvalue weighted by Gasteiger charge is -2.28. The second-order valence-corrected chi connectivity index (χ2v) is 7.98. The Labute approximate surface area is 127 Å². The fraction of sp³-hybridized carbons (Fsp3) is 0.562. The highest BCUT2D eigenvalue weighted by Crippen LogP contribution is 2.20. The Hall–Kier alpha value is -1.36. The van der Waals surface area contributed by atoms with Crippen molar-refractivity contribution >= 4 is 15.7 Å². The molecule has 1 aromatic carbocycles. The van der Waals surface area contributed by atoms with Crippen molar-refractivity contribution in [2.75, 3.05) is 18.1 Å². The van der Waals surface area contributed by atoms with Gasteiger partial charge in [0.05, 0.1) is 17.9 Å². The monoisotopic (exact) mass is 309 g/mol. The molecule has 5 heteroatoms. The summed E-state index contributed by atoms with van der Waals surface area (Å²) < 4.78 is 23.3. The fourth-order valence-corrected chi connectivity index (χ4v) is 4.58. The second-order valence-electron chi connectivity index (χ2n) is 5.75. The van der Waals surface area contributed by atoms with E-state index in [1.54, 1.807) is 4.90 Å². The van der Waals surface area contributed by atoms with Gasteiger partial charge in [-0.15, -0.1) is 0 Å². The number of benzene rings is 1. The minimum Gasteiger partial charge on any atom is -0.338 e. The highest BCUT2D eigenvalue weighted by molar-refractivity contribution is 7.91. The van der Waals surface area contributed by atoms with Gasteiger partial charge < -0.3 is 4.90 Å². The molecular formula is C16H23NO3S. The van der Waals surface area contributed by atoms with Crippen LogP contribution in [0.5, 0.6) is 0 Å². The Kier molecular flexibility index (Phi) is 5.04. The van der Waals surface area contributed by atoms with E-state index in [0.717, 1.165) is 17.5 Å². The van der Waals surface area contributed by atoms with Gasteiger partial charge in [0.15, 0.2) is 9.84 Å². The molecule has 0 aliphatic carbocycles. The normalized spacial score (nSPS) is 20.4. The molecule has 0 aromatic heterocycles. The summed E-state index contributed by atoms with van der Waals surface area (Å²) in [6, 6.07) is 7.69. The van der Waals surface area contributed by atoms with Crippen LogP contribution in [0.15, 0.2) is 24.3 Å². The molecule has 0 saturated carbocycles. The molecule has 2 rings (SSSR count). The van der Waals surface area contributed by atoms with E-state index in [9.17, 15) is 13.2 Å². The molecule has 1 fully saturated rings. The molecule has 1 saturated heterocycles. The first-order valence-electron chi connectivity index (χ1n) is 7.47. The lowest BCUT2D eigenvalue weighted by Crippen LogP contribution is -2.42. The van der Waals surface area contributed by atoms with Crippen molar-refractivity contribution in [2.24, 2.45) is 0 Å². The molecule has 0 N–H and O–H groups in total. The van der Waals surface area contributed by atoms with E-state index in [1.807, 2.05) is 38.1 Å². The van der Waals surface area contributed by atoms with Crippen LogP contribution in [-0.4, -0.2) is 43.3 Å². The Morgan fingerprint density at radius 2 is 2.05 bits per heavy atom. The maximum Gasteiger partial charge on any atom is 0.227 e. The smallest absolute Gasteiger partial charge is 0.227 e. The summed E-state index contributed by atoms with van der Waals surface area (Å²) in [4.78, 5) is 14.4. The van der Waals surface area contributed by atoms with Crippen LogP contribution in [0.1, 0.15) is 30.9 Å². The summed E-state index contributed by atoms with van der Waals surface area (Å²) in [5, 5.41) is 0. The molecule has 1 amide bonds. The van der Waals surface area contributed by atoms with Gasteiger partial charge in [-0.05, 0) is 30.9 Å². The zero-order valence-electron chi connectivity index (χ0n) is 12.7. The first kappa shape index (κ1) is 16.0. The molecule has 4 nitrogen and oxygen atoms in total. The average Bonchev–Trinajstić information content (AvgIpc) is 2.78. The molecule has 0 bridgehead atoms. The third-order valence-corrected chi connectivity index (χ3v) is 5.79. The summed E-state index contributed by atoms with van der Waals surface area (Å²) in [7, 11) is -2.97. The molecule has 0 unspecified atom stereocenters. The number of hydrogen-bond donors (Lipinski definition) is 0. The van der Waals surface area contributed by atoms with Crippen LogP contribution < -0.4 is 0 Å². The van der Waals surface area contributed by atoms with Crippen LogP contribution in [-0.2, 0) is 21.1 Å².